The zero-order valence-electron chi connectivity index (χ0n) is 22.6. The van der Waals surface area contributed by atoms with E-state index < -0.39 is 41.1 Å². The summed E-state index contributed by atoms with van der Waals surface area (Å²) < 4.78 is 14.4. The van der Waals surface area contributed by atoms with Gasteiger partial charge in [-0.25, -0.2) is 9.37 Å². The molecule has 4 unspecified atom stereocenters. The molecule has 2 aliphatic rings. The van der Waals surface area contributed by atoms with Gasteiger partial charge in [0, 0.05) is 13.0 Å². The SMILES string of the molecule is CCC(NC(=O)C1CC(O)CN1C(=O)C(NC(=O)C1(F)CC1)C(C)(C)C)c1ccc(-c2scnc2C)cc1. The first-order valence-corrected chi connectivity index (χ1v) is 14.0. The second-order valence-corrected chi connectivity index (χ2v) is 12.3. The van der Waals surface area contributed by atoms with E-state index in [0.29, 0.717) is 6.42 Å². The van der Waals surface area contributed by atoms with Crippen molar-refractivity contribution in [1.82, 2.24) is 20.5 Å². The molecular formula is C28H37FN4O4S. The number of aryl methyl sites for hydroxylation is 1. The van der Waals surface area contributed by atoms with Gasteiger partial charge in [-0.15, -0.1) is 11.3 Å². The molecule has 10 heteroatoms. The summed E-state index contributed by atoms with van der Waals surface area (Å²) in [6, 6.07) is 5.76. The lowest BCUT2D eigenvalue weighted by atomic mass is 9.85. The fourth-order valence-corrected chi connectivity index (χ4v) is 5.66. The van der Waals surface area contributed by atoms with E-state index in [2.05, 4.69) is 15.6 Å². The van der Waals surface area contributed by atoms with Crippen molar-refractivity contribution in [3.8, 4) is 10.4 Å². The molecule has 2 aromatic rings. The number of likely N-dealkylation sites (tertiary alicyclic amines) is 1. The Kier molecular flexibility index (Phi) is 7.95. The number of hydrogen-bond donors (Lipinski definition) is 3. The lowest BCUT2D eigenvalue weighted by Gasteiger charge is -2.36. The first kappa shape index (κ1) is 28.2. The summed E-state index contributed by atoms with van der Waals surface area (Å²) in [6.45, 7) is 9.24. The molecule has 38 heavy (non-hydrogen) atoms. The van der Waals surface area contributed by atoms with Crippen LogP contribution in [-0.2, 0) is 14.4 Å². The van der Waals surface area contributed by atoms with E-state index in [4.69, 9.17) is 0 Å². The molecule has 1 saturated heterocycles. The highest BCUT2D eigenvalue weighted by molar-refractivity contribution is 7.13. The van der Waals surface area contributed by atoms with E-state index in [0.717, 1.165) is 21.7 Å². The van der Waals surface area contributed by atoms with Crippen LogP contribution in [0.4, 0.5) is 4.39 Å². The average Bonchev–Trinajstić information content (AvgIpc) is 3.28. The van der Waals surface area contributed by atoms with E-state index in [1.54, 1.807) is 32.1 Å². The smallest absolute Gasteiger partial charge is 0.258 e. The quantitative estimate of drug-likeness (QED) is 0.470. The van der Waals surface area contributed by atoms with Crippen LogP contribution in [-0.4, -0.2) is 63.1 Å². The molecule has 0 radical (unpaired) electrons. The Bertz CT molecular complexity index is 1190. The third-order valence-electron chi connectivity index (χ3n) is 7.39. The zero-order chi connectivity index (χ0) is 27.8. The molecular weight excluding hydrogens is 507 g/mol. The number of benzene rings is 1. The highest BCUT2D eigenvalue weighted by Crippen LogP contribution is 2.40. The predicted octanol–water partition coefficient (Wildman–Crippen LogP) is 3.68. The van der Waals surface area contributed by atoms with Gasteiger partial charge in [0.25, 0.3) is 5.91 Å². The largest absolute Gasteiger partial charge is 0.391 e. The number of β-amino-alcohol motifs (C(OH)–C–C–N with tert-alkyl or cyclic N) is 1. The standard InChI is InChI=1S/C28H37FN4O4S/c1-6-20(17-7-9-18(10-8-17)22-16(2)30-15-38-22)31-24(35)21-13-19(34)14-33(21)25(36)23(27(3,4)5)32-26(37)28(29)11-12-28/h7-10,15,19-21,23,34H,6,11-14H2,1-5H3,(H,31,35)(H,32,37). The second kappa shape index (κ2) is 10.7. The van der Waals surface area contributed by atoms with Crippen LogP contribution in [0, 0.1) is 12.3 Å². The number of aliphatic hydroxyl groups is 1. The van der Waals surface area contributed by atoms with E-state index in [9.17, 15) is 23.9 Å². The van der Waals surface area contributed by atoms with Gasteiger partial charge in [0.1, 0.15) is 12.1 Å². The monoisotopic (exact) mass is 544 g/mol. The van der Waals surface area contributed by atoms with Gasteiger partial charge in [-0.3, -0.25) is 14.4 Å². The lowest BCUT2D eigenvalue weighted by molar-refractivity contribution is -0.145. The van der Waals surface area contributed by atoms with Crippen LogP contribution < -0.4 is 10.6 Å². The van der Waals surface area contributed by atoms with Gasteiger partial charge < -0.3 is 20.6 Å². The van der Waals surface area contributed by atoms with Crippen molar-refractivity contribution < 1.29 is 23.9 Å². The van der Waals surface area contributed by atoms with Crippen LogP contribution in [0.3, 0.4) is 0 Å². The molecule has 1 aliphatic heterocycles. The predicted molar refractivity (Wildman–Crippen MR) is 144 cm³/mol. The topological polar surface area (TPSA) is 112 Å². The number of rotatable bonds is 8. The number of aromatic nitrogens is 1. The molecule has 0 bridgehead atoms. The number of thiazole rings is 1. The summed E-state index contributed by atoms with van der Waals surface area (Å²) in [5.41, 5.74) is 2.12. The summed E-state index contributed by atoms with van der Waals surface area (Å²) in [6.07, 6.45) is 0.132. The number of nitrogens with zero attached hydrogens (tertiary/aromatic N) is 2. The fraction of sp³-hybridized carbons (Fsp3) is 0.571. The fourth-order valence-electron chi connectivity index (χ4n) is 4.85. The van der Waals surface area contributed by atoms with Gasteiger partial charge >= 0.3 is 0 Å². The van der Waals surface area contributed by atoms with Crippen molar-refractivity contribution in [3.63, 3.8) is 0 Å². The number of carbonyl (C=O) groups excluding carboxylic acids is 3. The first-order valence-electron chi connectivity index (χ1n) is 13.1. The zero-order valence-corrected chi connectivity index (χ0v) is 23.4. The summed E-state index contributed by atoms with van der Waals surface area (Å²) >= 11 is 1.58. The number of nitrogens with one attached hydrogen (secondary N) is 2. The Labute approximate surface area is 227 Å². The number of carbonyl (C=O) groups is 3. The Morgan fingerprint density at radius 2 is 1.87 bits per heavy atom. The second-order valence-electron chi connectivity index (χ2n) is 11.5. The minimum atomic E-state index is -1.92. The third kappa shape index (κ3) is 5.91. The highest BCUT2D eigenvalue weighted by Gasteiger charge is 2.53. The summed E-state index contributed by atoms with van der Waals surface area (Å²) in [5, 5.41) is 16.0. The molecule has 1 saturated carbocycles. The van der Waals surface area contributed by atoms with Gasteiger partial charge in [0.05, 0.1) is 28.2 Å². The van der Waals surface area contributed by atoms with Gasteiger partial charge in [0.15, 0.2) is 5.67 Å². The maximum Gasteiger partial charge on any atom is 0.258 e. The van der Waals surface area contributed by atoms with Gasteiger partial charge in [-0.1, -0.05) is 52.0 Å². The minimum absolute atomic E-state index is 0.0279. The van der Waals surface area contributed by atoms with Crippen molar-refractivity contribution in [2.75, 3.05) is 6.54 Å². The normalized spacial score (nSPS) is 22.0. The van der Waals surface area contributed by atoms with E-state index in [-0.39, 0.29) is 37.8 Å². The van der Waals surface area contributed by atoms with Crippen molar-refractivity contribution in [2.24, 2.45) is 5.41 Å². The van der Waals surface area contributed by atoms with Crippen molar-refractivity contribution in [2.45, 2.75) is 90.2 Å². The third-order valence-corrected chi connectivity index (χ3v) is 8.37. The number of aliphatic hydroxyl groups excluding tert-OH is 1. The molecule has 8 nitrogen and oxygen atoms in total. The van der Waals surface area contributed by atoms with Crippen LogP contribution in [0.25, 0.3) is 10.4 Å². The first-order chi connectivity index (χ1) is 17.8. The van der Waals surface area contributed by atoms with Crippen LogP contribution in [0.1, 0.15) is 70.7 Å². The van der Waals surface area contributed by atoms with Gasteiger partial charge in [0.2, 0.25) is 11.8 Å². The molecule has 1 aromatic carbocycles. The molecule has 2 fully saturated rings. The summed E-state index contributed by atoms with van der Waals surface area (Å²) in [7, 11) is 0. The lowest BCUT2D eigenvalue weighted by Crippen LogP contribution is -2.59. The molecule has 1 aliphatic carbocycles. The molecule has 206 valence electrons. The number of alkyl halides is 1. The van der Waals surface area contributed by atoms with Crippen LogP contribution >= 0.6 is 11.3 Å². The van der Waals surface area contributed by atoms with Crippen LogP contribution in [0.5, 0.6) is 0 Å². The maximum absolute atomic E-state index is 14.4. The minimum Gasteiger partial charge on any atom is -0.391 e. The Hall–Kier alpha value is -2.85. The van der Waals surface area contributed by atoms with Crippen molar-refractivity contribution in [3.05, 3.63) is 41.0 Å². The van der Waals surface area contributed by atoms with Gasteiger partial charge in [-0.05, 0) is 42.7 Å². The molecule has 0 spiro atoms. The summed E-state index contributed by atoms with van der Waals surface area (Å²) in [5.74, 6) is -1.66. The van der Waals surface area contributed by atoms with Crippen LogP contribution in [0.15, 0.2) is 29.8 Å². The van der Waals surface area contributed by atoms with E-state index >= 15 is 0 Å². The van der Waals surface area contributed by atoms with E-state index in [1.807, 2.05) is 43.6 Å². The van der Waals surface area contributed by atoms with E-state index in [1.165, 1.54) is 4.90 Å². The molecule has 3 amide bonds. The van der Waals surface area contributed by atoms with Crippen molar-refractivity contribution >= 4 is 29.1 Å². The summed E-state index contributed by atoms with van der Waals surface area (Å²) in [4.78, 5) is 46.3. The molecule has 1 aromatic heterocycles. The Morgan fingerprint density at radius 3 is 2.39 bits per heavy atom. The number of hydrogen-bond acceptors (Lipinski definition) is 6. The number of amides is 3. The Morgan fingerprint density at radius 1 is 1.21 bits per heavy atom. The highest BCUT2D eigenvalue weighted by atomic mass is 32.1. The van der Waals surface area contributed by atoms with Crippen LogP contribution in [0.2, 0.25) is 0 Å². The van der Waals surface area contributed by atoms with Gasteiger partial charge in [-0.2, -0.15) is 0 Å². The van der Waals surface area contributed by atoms with Crippen molar-refractivity contribution in [1.29, 1.82) is 0 Å². The molecule has 2 heterocycles. The number of halogens is 1. The Balaban J connectivity index is 1.48. The molecule has 4 rings (SSSR count). The molecule has 3 N–H and O–H groups in total. The molecule has 4 atom stereocenters. The average molecular weight is 545 g/mol. The maximum atomic E-state index is 14.4.